The van der Waals surface area contributed by atoms with Gasteiger partial charge in [-0.1, -0.05) is 43.9 Å². The van der Waals surface area contributed by atoms with Gasteiger partial charge < -0.3 is 14.8 Å². The van der Waals surface area contributed by atoms with Crippen LogP contribution in [-0.2, 0) is 4.79 Å². The van der Waals surface area contributed by atoms with Crippen LogP contribution in [0.3, 0.4) is 0 Å². The van der Waals surface area contributed by atoms with E-state index in [0.29, 0.717) is 19.1 Å². The minimum absolute atomic E-state index is 0.0325. The van der Waals surface area contributed by atoms with Gasteiger partial charge >= 0.3 is 0 Å². The Hall–Kier alpha value is -2.60. The number of rotatable bonds is 4. The summed E-state index contributed by atoms with van der Waals surface area (Å²) in [5.74, 6) is 0.315. The van der Waals surface area contributed by atoms with Crippen LogP contribution in [-0.4, -0.2) is 40.4 Å². The molecule has 1 aromatic carbocycles. The molecular formula is C27H33N3O2S. The molecule has 0 radical (unpaired) electrons. The predicted octanol–water partition coefficient (Wildman–Crippen LogP) is 5.69. The van der Waals surface area contributed by atoms with E-state index in [9.17, 15) is 9.59 Å². The second kappa shape index (κ2) is 9.72. The summed E-state index contributed by atoms with van der Waals surface area (Å²) in [6.07, 6.45) is 8.75. The Morgan fingerprint density at radius 2 is 1.67 bits per heavy atom. The maximum atomic E-state index is 13.2. The number of nitrogens with one attached hydrogen (secondary N) is 1. The van der Waals surface area contributed by atoms with Crippen LogP contribution < -0.4 is 5.32 Å². The highest BCUT2D eigenvalue weighted by atomic mass is 32.1. The molecule has 1 saturated carbocycles. The van der Waals surface area contributed by atoms with Crippen molar-refractivity contribution in [3.63, 3.8) is 0 Å². The fourth-order valence-corrected chi connectivity index (χ4v) is 6.44. The Morgan fingerprint density at radius 1 is 0.939 bits per heavy atom. The van der Waals surface area contributed by atoms with E-state index in [1.165, 1.54) is 31.1 Å². The molecule has 1 aliphatic carbocycles. The number of carbonyl (C=O) groups is 2. The number of piperidine rings is 1. The largest absolute Gasteiger partial charge is 0.353 e. The first-order valence-electron chi connectivity index (χ1n) is 12.4. The Labute approximate surface area is 199 Å². The topological polar surface area (TPSA) is 54.3 Å². The number of thiophene rings is 1. The van der Waals surface area contributed by atoms with Crippen LogP contribution in [0, 0.1) is 12.8 Å². The number of carbonyl (C=O) groups excluding carboxylic acids is 2. The quantitative estimate of drug-likeness (QED) is 0.505. The molecule has 0 atom stereocenters. The third kappa shape index (κ3) is 4.72. The number of aromatic nitrogens is 1. The van der Waals surface area contributed by atoms with Crippen molar-refractivity contribution < 1.29 is 9.59 Å². The molecule has 1 N–H and O–H groups in total. The lowest BCUT2D eigenvalue weighted by Crippen LogP contribution is -2.45. The highest BCUT2D eigenvalue weighted by molar-refractivity contribution is 7.16. The second-order valence-corrected chi connectivity index (χ2v) is 10.6. The zero-order valence-corrected chi connectivity index (χ0v) is 20.2. The number of likely N-dealkylation sites (tertiary alicyclic amines) is 1. The van der Waals surface area contributed by atoms with Crippen LogP contribution in [0.4, 0.5) is 0 Å². The average molecular weight is 464 g/mol. The lowest BCUT2D eigenvalue weighted by Gasteiger charge is -2.32. The van der Waals surface area contributed by atoms with Gasteiger partial charge in [0.15, 0.2) is 0 Å². The molecule has 2 aliphatic rings. The molecular weight excluding hydrogens is 430 g/mol. The van der Waals surface area contributed by atoms with Gasteiger partial charge in [0, 0.05) is 36.1 Å². The zero-order chi connectivity index (χ0) is 22.8. The molecule has 2 aromatic heterocycles. The molecule has 5 rings (SSSR count). The van der Waals surface area contributed by atoms with E-state index >= 15 is 0 Å². The van der Waals surface area contributed by atoms with Crippen molar-refractivity contribution in [2.24, 2.45) is 5.92 Å². The summed E-state index contributed by atoms with van der Waals surface area (Å²) in [5, 5.41) is 5.57. The SMILES string of the molecule is Cc1cc2ccccc2n1-c1ccc(C(=O)N2CCC(C(=O)NC3CCCCCC3)CC2)s1. The first-order chi connectivity index (χ1) is 16.1. The Morgan fingerprint density at radius 3 is 2.42 bits per heavy atom. The van der Waals surface area contributed by atoms with Crippen molar-refractivity contribution in [2.75, 3.05) is 13.1 Å². The molecule has 0 spiro atoms. The van der Waals surface area contributed by atoms with E-state index in [4.69, 9.17) is 0 Å². The van der Waals surface area contributed by atoms with E-state index in [2.05, 4.69) is 41.1 Å². The highest BCUT2D eigenvalue weighted by Crippen LogP contribution is 2.30. The maximum Gasteiger partial charge on any atom is 0.263 e. The van der Waals surface area contributed by atoms with E-state index in [1.54, 1.807) is 11.3 Å². The van der Waals surface area contributed by atoms with Crippen molar-refractivity contribution in [3.8, 4) is 5.00 Å². The molecule has 2 fully saturated rings. The molecule has 33 heavy (non-hydrogen) atoms. The fraction of sp³-hybridized carbons (Fsp3) is 0.481. The number of nitrogens with zero attached hydrogens (tertiary/aromatic N) is 2. The van der Waals surface area contributed by atoms with Crippen LogP contribution in [0.15, 0.2) is 42.5 Å². The standard InChI is InChI=1S/C27H33N3O2S/c1-19-18-21-8-6-7-11-23(21)30(19)25-13-12-24(33-25)27(32)29-16-14-20(15-17-29)26(31)28-22-9-4-2-3-5-10-22/h6-8,11-13,18,20,22H,2-5,9-10,14-17H2,1H3,(H,28,31). The fourth-order valence-electron chi connectivity index (χ4n) is 5.39. The monoisotopic (exact) mass is 463 g/mol. The summed E-state index contributed by atoms with van der Waals surface area (Å²) in [4.78, 5) is 28.7. The van der Waals surface area contributed by atoms with Gasteiger partial charge in [0.05, 0.1) is 10.4 Å². The number of hydrogen-bond donors (Lipinski definition) is 1. The van der Waals surface area contributed by atoms with Crippen molar-refractivity contribution in [1.82, 2.24) is 14.8 Å². The summed E-state index contributed by atoms with van der Waals surface area (Å²) in [5.41, 5.74) is 2.33. The molecule has 1 saturated heterocycles. The van der Waals surface area contributed by atoms with E-state index in [0.717, 1.165) is 46.8 Å². The lowest BCUT2D eigenvalue weighted by molar-refractivity contribution is -0.127. The summed E-state index contributed by atoms with van der Waals surface area (Å²) >= 11 is 1.55. The molecule has 0 bridgehead atoms. The van der Waals surface area contributed by atoms with Crippen LogP contribution in [0.1, 0.15) is 66.7 Å². The minimum Gasteiger partial charge on any atom is -0.353 e. The number of amides is 2. The molecule has 6 heteroatoms. The Bertz CT molecular complexity index is 1130. The smallest absolute Gasteiger partial charge is 0.263 e. The first kappa shape index (κ1) is 22.2. The summed E-state index contributed by atoms with van der Waals surface area (Å²) in [6, 6.07) is 14.9. The molecule has 1 aliphatic heterocycles. The third-order valence-electron chi connectivity index (χ3n) is 7.27. The number of aryl methyl sites for hydroxylation is 1. The Kier molecular flexibility index (Phi) is 6.54. The predicted molar refractivity (Wildman–Crippen MR) is 134 cm³/mol. The summed E-state index contributed by atoms with van der Waals surface area (Å²) in [7, 11) is 0. The van der Waals surface area contributed by atoms with Crippen LogP contribution in [0.25, 0.3) is 15.9 Å². The zero-order valence-electron chi connectivity index (χ0n) is 19.4. The summed E-state index contributed by atoms with van der Waals surface area (Å²) in [6.45, 7) is 3.41. The van der Waals surface area contributed by atoms with Crippen LogP contribution >= 0.6 is 11.3 Å². The second-order valence-electron chi connectivity index (χ2n) is 9.58. The van der Waals surface area contributed by atoms with Gasteiger partial charge in [-0.15, -0.1) is 11.3 Å². The van der Waals surface area contributed by atoms with E-state index in [1.807, 2.05) is 23.1 Å². The molecule has 5 nitrogen and oxygen atoms in total. The molecule has 2 amide bonds. The van der Waals surface area contributed by atoms with Crippen molar-refractivity contribution in [2.45, 2.75) is 64.3 Å². The van der Waals surface area contributed by atoms with Crippen LogP contribution in [0.5, 0.6) is 0 Å². The average Bonchev–Trinajstić information content (AvgIpc) is 3.34. The number of fused-ring (bicyclic) bond motifs is 1. The van der Waals surface area contributed by atoms with Gasteiger partial charge in [0.2, 0.25) is 5.91 Å². The molecule has 174 valence electrons. The van der Waals surface area contributed by atoms with E-state index < -0.39 is 0 Å². The van der Waals surface area contributed by atoms with Gasteiger partial charge in [-0.3, -0.25) is 9.59 Å². The minimum atomic E-state index is 0.0325. The van der Waals surface area contributed by atoms with Gasteiger partial charge in [-0.05, 0) is 56.9 Å². The van der Waals surface area contributed by atoms with Gasteiger partial charge in [-0.2, -0.15) is 0 Å². The normalized spacial score (nSPS) is 18.4. The maximum absolute atomic E-state index is 13.2. The van der Waals surface area contributed by atoms with Gasteiger partial charge in [-0.25, -0.2) is 0 Å². The van der Waals surface area contributed by atoms with Gasteiger partial charge in [0.1, 0.15) is 5.00 Å². The molecule has 3 heterocycles. The molecule has 3 aromatic rings. The number of para-hydroxylation sites is 1. The third-order valence-corrected chi connectivity index (χ3v) is 8.33. The van der Waals surface area contributed by atoms with Crippen LogP contribution in [0.2, 0.25) is 0 Å². The van der Waals surface area contributed by atoms with E-state index in [-0.39, 0.29) is 17.7 Å². The Balaban J connectivity index is 1.21. The van der Waals surface area contributed by atoms with Gasteiger partial charge in [0.25, 0.3) is 5.91 Å². The van der Waals surface area contributed by atoms with Crippen molar-refractivity contribution in [1.29, 1.82) is 0 Å². The highest BCUT2D eigenvalue weighted by Gasteiger charge is 2.29. The summed E-state index contributed by atoms with van der Waals surface area (Å²) < 4.78 is 2.22. The number of hydrogen-bond acceptors (Lipinski definition) is 3. The first-order valence-corrected chi connectivity index (χ1v) is 13.2. The number of benzene rings is 1. The van der Waals surface area contributed by atoms with Crippen molar-refractivity contribution in [3.05, 3.63) is 53.0 Å². The van der Waals surface area contributed by atoms with Crippen molar-refractivity contribution >= 4 is 34.1 Å². The molecule has 0 unspecified atom stereocenters. The lowest BCUT2D eigenvalue weighted by atomic mass is 9.95.